The third-order valence-corrected chi connectivity index (χ3v) is 9.32. The third-order valence-electron chi connectivity index (χ3n) is 7.48. The first kappa shape index (κ1) is 32.7. The van der Waals surface area contributed by atoms with E-state index in [9.17, 15) is 27.5 Å². The molecule has 3 amide bonds. The van der Waals surface area contributed by atoms with Crippen molar-refractivity contribution < 1.29 is 37.0 Å². The van der Waals surface area contributed by atoms with E-state index in [2.05, 4.69) is 10.6 Å². The van der Waals surface area contributed by atoms with Crippen molar-refractivity contribution in [2.75, 3.05) is 44.5 Å². The Bertz CT molecular complexity index is 1570. The maximum atomic E-state index is 13.5. The van der Waals surface area contributed by atoms with Crippen molar-refractivity contribution in [3.05, 3.63) is 78.1 Å². The fraction of sp³-hybridized carbons (Fsp3) is 0.355. The van der Waals surface area contributed by atoms with Crippen LogP contribution in [0.1, 0.15) is 19.4 Å². The number of sulfonamides is 1. The first-order chi connectivity index (χ1) is 20.9. The molecule has 0 spiro atoms. The van der Waals surface area contributed by atoms with Gasteiger partial charge >= 0.3 is 6.03 Å². The maximum Gasteiger partial charge on any atom is 0.323 e. The number of methoxy groups -OCH3 is 1. The number of nitrogens with zero attached hydrogens (tertiary/aromatic N) is 2. The van der Waals surface area contributed by atoms with Crippen LogP contribution >= 0.6 is 0 Å². The number of anilines is 2. The summed E-state index contributed by atoms with van der Waals surface area (Å²) in [5, 5.41) is 15.4. The zero-order chi connectivity index (χ0) is 32.0. The lowest BCUT2D eigenvalue weighted by Crippen LogP contribution is -2.48. The van der Waals surface area contributed by atoms with Crippen molar-refractivity contribution in [2.24, 2.45) is 5.92 Å². The van der Waals surface area contributed by atoms with Crippen molar-refractivity contribution in [1.29, 1.82) is 0 Å². The van der Waals surface area contributed by atoms with Crippen LogP contribution in [0.4, 0.5) is 20.6 Å². The molecule has 3 atom stereocenters. The number of benzene rings is 3. The second-order valence-corrected chi connectivity index (χ2v) is 12.8. The molecule has 0 unspecified atom stereocenters. The molecule has 3 aromatic rings. The van der Waals surface area contributed by atoms with Crippen LogP contribution in [0.2, 0.25) is 0 Å². The Kier molecular flexibility index (Phi) is 10.4. The van der Waals surface area contributed by atoms with Gasteiger partial charge in [0.2, 0.25) is 15.9 Å². The van der Waals surface area contributed by atoms with E-state index in [-0.39, 0.29) is 42.8 Å². The smallest absolute Gasteiger partial charge is 0.323 e. The summed E-state index contributed by atoms with van der Waals surface area (Å²) in [4.78, 5) is 27.7. The zero-order valence-corrected chi connectivity index (χ0v) is 25.8. The average molecular weight is 629 g/mol. The molecule has 0 aromatic heterocycles. The molecule has 0 saturated heterocycles. The quantitative estimate of drug-likeness (QED) is 0.326. The number of carbonyl (C=O) groups is 2. The number of amides is 3. The van der Waals surface area contributed by atoms with Crippen molar-refractivity contribution in [3.63, 3.8) is 0 Å². The standard InChI is InChI=1S/C31H37FN4O7S/c1-20-17-36(21(2)19-37)30(38)16-22-15-25(34-31(39)33-24-7-10-26(42-4)11-8-24)9-14-28(22)43-29(20)18-35(3)44(40,41)27-12-5-23(32)6-13-27/h5-15,20-21,29,37H,16-19H2,1-4H3,(H2,33,34,39)/t20-,21-,29-/m1/s1. The predicted molar refractivity (Wildman–Crippen MR) is 164 cm³/mol. The summed E-state index contributed by atoms with van der Waals surface area (Å²) in [6, 6.07) is 15.3. The molecule has 0 radical (unpaired) electrons. The summed E-state index contributed by atoms with van der Waals surface area (Å²) in [6.45, 7) is 3.45. The average Bonchev–Trinajstić information content (AvgIpc) is 3.04. The number of nitrogens with one attached hydrogen (secondary N) is 2. The minimum absolute atomic E-state index is 0.0631. The zero-order valence-electron chi connectivity index (χ0n) is 25.0. The van der Waals surface area contributed by atoms with Gasteiger partial charge in [-0.25, -0.2) is 17.6 Å². The molecule has 236 valence electrons. The first-order valence-electron chi connectivity index (χ1n) is 14.0. The number of carbonyl (C=O) groups excluding carboxylic acids is 2. The van der Waals surface area contributed by atoms with Gasteiger partial charge in [0, 0.05) is 36.4 Å². The Hall–Kier alpha value is -4.20. The maximum absolute atomic E-state index is 13.5. The van der Waals surface area contributed by atoms with Crippen molar-refractivity contribution in [2.45, 2.75) is 37.3 Å². The molecule has 1 aliphatic rings. The third kappa shape index (κ3) is 7.84. The van der Waals surface area contributed by atoms with Gasteiger partial charge in [-0.2, -0.15) is 4.31 Å². The number of aliphatic hydroxyl groups is 1. The van der Waals surface area contributed by atoms with Crippen LogP contribution in [-0.4, -0.2) is 80.7 Å². The van der Waals surface area contributed by atoms with Crippen LogP contribution in [0.3, 0.4) is 0 Å². The molecular weight excluding hydrogens is 591 g/mol. The van der Waals surface area contributed by atoms with Gasteiger partial charge < -0.3 is 30.1 Å². The van der Waals surface area contributed by atoms with E-state index < -0.39 is 34.0 Å². The van der Waals surface area contributed by atoms with Crippen molar-refractivity contribution in [1.82, 2.24) is 9.21 Å². The van der Waals surface area contributed by atoms with E-state index in [1.807, 2.05) is 6.92 Å². The van der Waals surface area contributed by atoms with Gasteiger partial charge in [-0.3, -0.25) is 4.79 Å². The predicted octanol–water partition coefficient (Wildman–Crippen LogP) is 3.95. The van der Waals surface area contributed by atoms with Crippen LogP contribution in [0.25, 0.3) is 0 Å². The topological polar surface area (TPSA) is 138 Å². The molecule has 0 aliphatic carbocycles. The minimum atomic E-state index is -3.98. The van der Waals surface area contributed by atoms with E-state index in [0.717, 1.165) is 16.4 Å². The second-order valence-electron chi connectivity index (χ2n) is 10.8. The summed E-state index contributed by atoms with van der Waals surface area (Å²) in [5.41, 5.74) is 1.44. The lowest BCUT2D eigenvalue weighted by atomic mass is 10.0. The number of likely N-dealkylation sites (N-methyl/N-ethyl adjacent to an activating group) is 1. The number of fused-ring (bicyclic) bond motifs is 1. The number of rotatable bonds is 9. The van der Waals surface area contributed by atoms with E-state index in [4.69, 9.17) is 9.47 Å². The number of hydrogen-bond acceptors (Lipinski definition) is 7. The molecule has 0 fully saturated rings. The molecule has 13 heteroatoms. The molecule has 0 bridgehead atoms. The van der Waals surface area contributed by atoms with Gasteiger partial charge in [0.15, 0.2) is 0 Å². The lowest BCUT2D eigenvalue weighted by molar-refractivity contribution is -0.134. The lowest BCUT2D eigenvalue weighted by Gasteiger charge is -2.33. The Labute approximate surface area is 256 Å². The molecule has 11 nitrogen and oxygen atoms in total. The van der Waals surface area contributed by atoms with Crippen LogP contribution in [0.5, 0.6) is 11.5 Å². The Morgan fingerprint density at radius 2 is 1.75 bits per heavy atom. The van der Waals surface area contributed by atoms with Crippen LogP contribution in [-0.2, 0) is 21.2 Å². The molecule has 1 aliphatic heterocycles. The summed E-state index contributed by atoms with van der Waals surface area (Å²) in [5.74, 6) is -0.142. The molecule has 44 heavy (non-hydrogen) atoms. The fourth-order valence-electron chi connectivity index (χ4n) is 4.83. The highest BCUT2D eigenvalue weighted by Gasteiger charge is 2.33. The number of ether oxygens (including phenoxy) is 2. The normalized spacial score (nSPS) is 17.9. The molecule has 1 heterocycles. The van der Waals surface area contributed by atoms with Crippen molar-refractivity contribution >= 4 is 33.3 Å². The van der Waals surface area contributed by atoms with Crippen LogP contribution in [0.15, 0.2) is 71.6 Å². The monoisotopic (exact) mass is 628 g/mol. The van der Waals surface area contributed by atoms with E-state index >= 15 is 0 Å². The summed E-state index contributed by atoms with van der Waals surface area (Å²) >= 11 is 0. The minimum Gasteiger partial charge on any atom is -0.497 e. The largest absolute Gasteiger partial charge is 0.497 e. The summed E-state index contributed by atoms with van der Waals surface area (Å²) in [7, 11) is -1.02. The molecule has 3 aromatic carbocycles. The molecule has 4 rings (SSSR count). The van der Waals surface area contributed by atoms with E-state index in [1.54, 1.807) is 61.4 Å². The highest BCUT2D eigenvalue weighted by Crippen LogP contribution is 2.30. The molecular formula is C31H37FN4O7S. The summed E-state index contributed by atoms with van der Waals surface area (Å²) < 4.78 is 52.6. The first-order valence-corrected chi connectivity index (χ1v) is 15.5. The summed E-state index contributed by atoms with van der Waals surface area (Å²) in [6.07, 6.45) is -0.774. The number of hydrogen-bond donors (Lipinski definition) is 3. The highest BCUT2D eigenvalue weighted by molar-refractivity contribution is 7.89. The van der Waals surface area contributed by atoms with Crippen molar-refractivity contribution in [3.8, 4) is 11.5 Å². The van der Waals surface area contributed by atoms with Gasteiger partial charge in [-0.1, -0.05) is 6.92 Å². The number of urea groups is 1. The van der Waals surface area contributed by atoms with Gasteiger partial charge in [0.25, 0.3) is 0 Å². The van der Waals surface area contributed by atoms with E-state index in [0.29, 0.717) is 28.4 Å². The Balaban J connectivity index is 1.60. The highest BCUT2D eigenvalue weighted by atomic mass is 32.2. The SMILES string of the molecule is COc1ccc(NC(=O)Nc2ccc3c(c2)CC(=O)N([C@H](C)CO)C[C@@H](C)[C@@H](CN(C)S(=O)(=O)c2ccc(F)cc2)O3)cc1. The fourth-order valence-corrected chi connectivity index (χ4v) is 6.01. The van der Waals surface area contributed by atoms with Gasteiger partial charge in [-0.05, 0) is 73.7 Å². The molecule has 0 saturated carbocycles. The second kappa shape index (κ2) is 14.1. The van der Waals surface area contributed by atoms with Gasteiger partial charge in [0.1, 0.15) is 23.4 Å². The van der Waals surface area contributed by atoms with Crippen LogP contribution in [0, 0.1) is 11.7 Å². The Morgan fingerprint density at radius 3 is 2.39 bits per heavy atom. The number of aliphatic hydroxyl groups excluding tert-OH is 1. The Morgan fingerprint density at radius 1 is 1.11 bits per heavy atom. The number of halogens is 1. The van der Waals surface area contributed by atoms with Gasteiger partial charge in [0.05, 0.1) is 37.6 Å². The van der Waals surface area contributed by atoms with E-state index in [1.165, 1.54) is 19.2 Å². The molecule has 3 N–H and O–H groups in total. The van der Waals surface area contributed by atoms with Gasteiger partial charge in [-0.15, -0.1) is 0 Å². The van der Waals surface area contributed by atoms with Crippen LogP contribution < -0.4 is 20.1 Å².